The van der Waals surface area contributed by atoms with E-state index in [9.17, 15) is 4.79 Å². The van der Waals surface area contributed by atoms with E-state index in [0.29, 0.717) is 5.57 Å². The van der Waals surface area contributed by atoms with Crippen LogP contribution in [0, 0.1) is 6.92 Å². The Morgan fingerprint density at radius 2 is 2.05 bits per heavy atom. The third-order valence-electron chi connectivity index (χ3n) is 3.40. The van der Waals surface area contributed by atoms with Crippen molar-refractivity contribution in [2.45, 2.75) is 33.2 Å². The number of H-pyrrole nitrogens is 1. The summed E-state index contributed by atoms with van der Waals surface area (Å²) in [6.45, 7) is 9.38. The summed E-state index contributed by atoms with van der Waals surface area (Å²) in [5.74, 6) is 0.691. The van der Waals surface area contributed by atoms with Gasteiger partial charge in [-0.2, -0.15) is 0 Å². The molecule has 0 aliphatic heterocycles. The maximum atomic E-state index is 11.8. The van der Waals surface area contributed by atoms with Gasteiger partial charge in [-0.1, -0.05) is 43.8 Å². The normalized spacial score (nSPS) is 12.0. The molecule has 1 unspecified atom stereocenters. The Kier molecular flexibility index (Phi) is 4.58. The molecule has 1 atom stereocenters. The first-order chi connectivity index (χ1) is 10.0. The number of aromatic nitrogens is 2. The van der Waals surface area contributed by atoms with Gasteiger partial charge in [0.05, 0.1) is 11.7 Å². The fraction of sp³-hybridized carbons (Fsp3) is 0.294. The van der Waals surface area contributed by atoms with Gasteiger partial charge in [-0.25, -0.2) is 4.98 Å². The lowest BCUT2D eigenvalue weighted by molar-refractivity contribution is -0.118. The highest BCUT2D eigenvalue weighted by Crippen LogP contribution is 2.23. The molecule has 0 bridgehead atoms. The molecule has 0 saturated heterocycles. The van der Waals surface area contributed by atoms with Crippen LogP contribution in [0.5, 0.6) is 0 Å². The molecule has 1 amide bonds. The summed E-state index contributed by atoms with van der Waals surface area (Å²) in [7, 11) is 0. The monoisotopic (exact) mass is 283 g/mol. The molecule has 0 spiro atoms. The van der Waals surface area contributed by atoms with Gasteiger partial charge >= 0.3 is 0 Å². The molecule has 0 aliphatic rings. The Labute approximate surface area is 125 Å². The van der Waals surface area contributed by atoms with Crippen LogP contribution in [0.1, 0.15) is 37.7 Å². The second-order valence-corrected chi connectivity index (χ2v) is 5.18. The number of aryl methyl sites for hydroxylation is 1. The smallest absolute Gasteiger partial charge is 0.246 e. The Balaban J connectivity index is 2.29. The number of nitrogens with one attached hydrogen (secondary N) is 2. The molecule has 0 fully saturated rings. The zero-order chi connectivity index (χ0) is 15.4. The standard InChI is InChI=1S/C17H21N3O/c1-5-14(19-17(21)11(2)3)15-12(4)18-16(20-15)13-9-7-6-8-10-13/h6-10,14H,2,5H2,1,3-4H3,(H,18,20)(H,19,21). The molecular formula is C17H21N3O. The number of aromatic amines is 1. The van der Waals surface area contributed by atoms with Crippen LogP contribution >= 0.6 is 0 Å². The van der Waals surface area contributed by atoms with E-state index in [4.69, 9.17) is 0 Å². The minimum atomic E-state index is -0.134. The van der Waals surface area contributed by atoms with Crippen molar-refractivity contribution in [3.63, 3.8) is 0 Å². The van der Waals surface area contributed by atoms with Gasteiger partial charge in [0, 0.05) is 16.8 Å². The van der Waals surface area contributed by atoms with Gasteiger partial charge in [0.15, 0.2) is 0 Å². The molecule has 2 N–H and O–H groups in total. The zero-order valence-electron chi connectivity index (χ0n) is 12.7. The quantitative estimate of drug-likeness (QED) is 0.825. The highest BCUT2D eigenvalue weighted by atomic mass is 16.1. The number of hydrogen-bond donors (Lipinski definition) is 2. The Hall–Kier alpha value is -2.36. The van der Waals surface area contributed by atoms with Crippen LogP contribution < -0.4 is 5.32 Å². The van der Waals surface area contributed by atoms with Crippen molar-refractivity contribution in [3.05, 3.63) is 53.9 Å². The van der Waals surface area contributed by atoms with Gasteiger partial charge in [-0.05, 0) is 20.3 Å². The summed E-state index contributed by atoms with van der Waals surface area (Å²) in [4.78, 5) is 19.8. The van der Waals surface area contributed by atoms with E-state index in [1.807, 2.05) is 44.2 Å². The first-order valence-electron chi connectivity index (χ1n) is 7.11. The molecule has 4 nitrogen and oxygen atoms in total. The lowest BCUT2D eigenvalue weighted by Gasteiger charge is -2.15. The Bertz CT molecular complexity index is 643. The molecule has 0 saturated carbocycles. The van der Waals surface area contributed by atoms with E-state index in [-0.39, 0.29) is 11.9 Å². The molecular weight excluding hydrogens is 262 g/mol. The molecule has 1 heterocycles. The second-order valence-electron chi connectivity index (χ2n) is 5.18. The minimum absolute atomic E-state index is 0.108. The van der Waals surface area contributed by atoms with Crippen LogP contribution in [0.2, 0.25) is 0 Å². The summed E-state index contributed by atoms with van der Waals surface area (Å²) in [6.07, 6.45) is 0.777. The topological polar surface area (TPSA) is 57.8 Å². The largest absolute Gasteiger partial charge is 0.344 e. The van der Waals surface area contributed by atoms with Crippen LogP contribution in [0.3, 0.4) is 0 Å². The second kappa shape index (κ2) is 6.39. The molecule has 1 aromatic heterocycles. The van der Waals surface area contributed by atoms with Gasteiger partial charge in [-0.15, -0.1) is 0 Å². The number of carbonyl (C=O) groups excluding carboxylic acids is 1. The molecule has 2 aromatic rings. The average Bonchev–Trinajstić information content (AvgIpc) is 2.87. The van der Waals surface area contributed by atoms with E-state index >= 15 is 0 Å². The minimum Gasteiger partial charge on any atom is -0.344 e. The van der Waals surface area contributed by atoms with E-state index in [0.717, 1.165) is 29.2 Å². The molecule has 4 heteroatoms. The van der Waals surface area contributed by atoms with Gasteiger partial charge in [0.2, 0.25) is 5.91 Å². The van der Waals surface area contributed by atoms with Crippen LogP contribution in [0.15, 0.2) is 42.5 Å². The summed E-state index contributed by atoms with van der Waals surface area (Å²) in [5, 5.41) is 2.97. The molecule has 0 aliphatic carbocycles. The van der Waals surface area contributed by atoms with Crippen LogP contribution in [0.4, 0.5) is 0 Å². The molecule has 1 aromatic carbocycles. The molecule has 110 valence electrons. The van der Waals surface area contributed by atoms with E-state index in [1.165, 1.54) is 0 Å². The number of amides is 1. The third-order valence-corrected chi connectivity index (χ3v) is 3.40. The predicted octanol–water partition coefficient (Wildman–Crippen LogP) is 3.53. The SMILES string of the molecule is C=C(C)C(=O)NC(CC)c1nc(-c2ccccc2)[nH]c1C. The third kappa shape index (κ3) is 3.40. The number of carbonyl (C=O) groups is 1. The van der Waals surface area contributed by atoms with E-state index in [1.54, 1.807) is 6.92 Å². The number of hydrogen-bond acceptors (Lipinski definition) is 2. The lowest BCUT2D eigenvalue weighted by Crippen LogP contribution is -2.29. The van der Waals surface area contributed by atoms with Gasteiger partial charge in [-0.3, -0.25) is 4.79 Å². The summed E-state index contributed by atoms with van der Waals surface area (Å²) < 4.78 is 0. The van der Waals surface area contributed by atoms with Crippen molar-refractivity contribution in [3.8, 4) is 11.4 Å². The van der Waals surface area contributed by atoms with Crippen molar-refractivity contribution in [1.29, 1.82) is 0 Å². The fourth-order valence-corrected chi connectivity index (χ4v) is 2.19. The number of rotatable bonds is 5. The average molecular weight is 283 g/mol. The van der Waals surface area contributed by atoms with Crippen molar-refractivity contribution >= 4 is 5.91 Å². The van der Waals surface area contributed by atoms with Gasteiger partial charge in [0.25, 0.3) is 0 Å². The summed E-state index contributed by atoms with van der Waals surface area (Å²) >= 11 is 0. The van der Waals surface area contributed by atoms with Crippen molar-refractivity contribution < 1.29 is 4.79 Å². The highest BCUT2D eigenvalue weighted by Gasteiger charge is 2.19. The maximum Gasteiger partial charge on any atom is 0.246 e. The number of nitrogens with zero attached hydrogens (tertiary/aromatic N) is 1. The van der Waals surface area contributed by atoms with Gasteiger partial charge in [0.1, 0.15) is 5.82 Å². The van der Waals surface area contributed by atoms with Crippen molar-refractivity contribution in [2.75, 3.05) is 0 Å². The van der Waals surface area contributed by atoms with Crippen molar-refractivity contribution in [1.82, 2.24) is 15.3 Å². The zero-order valence-corrected chi connectivity index (χ0v) is 12.7. The highest BCUT2D eigenvalue weighted by molar-refractivity contribution is 5.92. The number of imidazole rings is 1. The molecule has 21 heavy (non-hydrogen) atoms. The van der Waals surface area contributed by atoms with Gasteiger partial charge < -0.3 is 10.3 Å². The first kappa shape index (κ1) is 15.0. The lowest BCUT2D eigenvalue weighted by atomic mass is 10.1. The summed E-state index contributed by atoms with van der Waals surface area (Å²) in [5.41, 5.74) is 3.39. The van der Waals surface area contributed by atoms with Crippen molar-refractivity contribution in [2.24, 2.45) is 0 Å². The van der Waals surface area contributed by atoms with Crippen LogP contribution in [0.25, 0.3) is 11.4 Å². The first-order valence-corrected chi connectivity index (χ1v) is 7.11. The fourth-order valence-electron chi connectivity index (χ4n) is 2.19. The Morgan fingerprint density at radius 3 is 2.62 bits per heavy atom. The van der Waals surface area contributed by atoms with E-state index in [2.05, 4.69) is 21.9 Å². The number of benzene rings is 1. The maximum absolute atomic E-state index is 11.8. The molecule has 2 rings (SSSR count). The Morgan fingerprint density at radius 1 is 1.38 bits per heavy atom. The van der Waals surface area contributed by atoms with E-state index < -0.39 is 0 Å². The van der Waals surface area contributed by atoms with Crippen LogP contribution in [-0.4, -0.2) is 15.9 Å². The van der Waals surface area contributed by atoms with Crippen LogP contribution in [-0.2, 0) is 4.79 Å². The summed E-state index contributed by atoms with van der Waals surface area (Å²) in [6, 6.07) is 9.84. The molecule has 0 radical (unpaired) electrons. The predicted molar refractivity (Wildman–Crippen MR) is 84.7 cm³/mol.